The Hall–Kier alpha value is -1.51. The molecule has 0 fully saturated rings. The number of para-hydroxylation sites is 1. The molecule has 0 radical (unpaired) electrons. The highest BCUT2D eigenvalue weighted by molar-refractivity contribution is 5.81. The largest absolute Gasteiger partial charge is 0.480 e. The summed E-state index contributed by atoms with van der Waals surface area (Å²) in [7, 11) is 0. The molecule has 0 heterocycles. The maximum atomic E-state index is 12.1. The fraction of sp³-hybridized carbons (Fsp3) is 0.562. The van der Waals surface area contributed by atoms with Gasteiger partial charge in [-0.15, -0.1) is 0 Å². The molecule has 0 saturated heterocycles. The Bertz CT molecular complexity index is 403. The molecule has 106 valence electrons. The Balaban J connectivity index is 2.63. The van der Waals surface area contributed by atoms with Crippen molar-refractivity contribution < 1.29 is 9.53 Å². The predicted octanol–water partition coefficient (Wildman–Crippen LogP) is 3.46. The van der Waals surface area contributed by atoms with Gasteiger partial charge in [-0.2, -0.15) is 0 Å². The second-order valence-electron chi connectivity index (χ2n) is 4.98. The molecule has 1 N–H and O–H groups in total. The van der Waals surface area contributed by atoms with Gasteiger partial charge in [0.2, 0.25) is 0 Å². The number of rotatable bonds is 7. The Morgan fingerprint density at radius 2 is 2.00 bits per heavy atom. The number of ether oxygens (including phenoxy) is 1. The van der Waals surface area contributed by atoms with Crippen molar-refractivity contribution in [3.63, 3.8) is 0 Å². The highest BCUT2D eigenvalue weighted by Crippen LogP contribution is 2.18. The summed E-state index contributed by atoms with van der Waals surface area (Å²) < 4.78 is 5.82. The van der Waals surface area contributed by atoms with Gasteiger partial charge in [0.15, 0.2) is 6.10 Å². The first-order chi connectivity index (χ1) is 9.08. The second-order valence-corrected chi connectivity index (χ2v) is 4.98. The molecule has 0 aliphatic rings. The molecule has 1 aromatic rings. The molecule has 0 aliphatic heterocycles. The predicted molar refractivity (Wildman–Crippen MR) is 78.4 cm³/mol. The van der Waals surface area contributed by atoms with Gasteiger partial charge in [-0.1, -0.05) is 38.5 Å². The molecule has 1 aromatic carbocycles. The van der Waals surface area contributed by atoms with Crippen molar-refractivity contribution >= 4 is 5.91 Å². The maximum absolute atomic E-state index is 12.1. The van der Waals surface area contributed by atoms with Gasteiger partial charge in [-0.05, 0) is 38.3 Å². The van der Waals surface area contributed by atoms with Gasteiger partial charge >= 0.3 is 0 Å². The van der Waals surface area contributed by atoms with E-state index in [4.69, 9.17) is 4.74 Å². The number of aryl methyl sites for hydroxylation is 1. The fourth-order valence-electron chi connectivity index (χ4n) is 2.01. The molecular formula is C16H25NO2. The highest BCUT2D eigenvalue weighted by Gasteiger charge is 2.20. The number of amides is 1. The maximum Gasteiger partial charge on any atom is 0.261 e. The van der Waals surface area contributed by atoms with Crippen molar-refractivity contribution in [1.29, 1.82) is 0 Å². The lowest BCUT2D eigenvalue weighted by molar-refractivity contribution is -0.128. The molecule has 3 nitrogen and oxygen atoms in total. The lowest BCUT2D eigenvalue weighted by Gasteiger charge is -2.21. The van der Waals surface area contributed by atoms with Gasteiger partial charge in [-0.3, -0.25) is 4.79 Å². The van der Waals surface area contributed by atoms with Gasteiger partial charge in [0.25, 0.3) is 5.91 Å². The number of carbonyl (C=O) groups is 1. The van der Waals surface area contributed by atoms with E-state index in [0.29, 0.717) is 6.42 Å². The zero-order valence-electron chi connectivity index (χ0n) is 12.4. The van der Waals surface area contributed by atoms with E-state index in [1.165, 1.54) is 0 Å². The van der Waals surface area contributed by atoms with Gasteiger partial charge < -0.3 is 10.1 Å². The lowest BCUT2D eigenvalue weighted by Crippen LogP contribution is -2.42. The summed E-state index contributed by atoms with van der Waals surface area (Å²) in [5, 5.41) is 3.01. The molecule has 0 unspecified atom stereocenters. The van der Waals surface area contributed by atoms with Crippen molar-refractivity contribution in [2.75, 3.05) is 0 Å². The van der Waals surface area contributed by atoms with Crippen molar-refractivity contribution in [3.8, 4) is 5.75 Å². The van der Waals surface area contributed by atoms with Crippen LogP contribution in [-0.2, 0) is 4.79 Å². The quantitative estimate of drug-likeness (QED) is 0.818. The van der Waals surface area contributed by atoms with Crippen LogP contribution in [-0.4, -0.2) is 18.1 Å². The highest BCUT2D eigenvalue weighted by atomic mass is 16.5. The summed E-state index contributed by atoms with van der Waals surface area (Å²) in [6.07, 6.45) is 2.31. The molecule has 3 heteroatoms. The molecular weight excluding hydrogens is 238 g/mol. The number of hydrogen-bond acceptors (Lipinski definition) is 2. The molecule has 0 aliphatic carbocycles. The first kappa shape index (κ1) is 15.5. The van der Waals surface area contributed by atoms with Crippen LogP contribution in [0.1, 0.15) is 45.6 Å². The van der Waals surface area contributed by atoms with E-state index in [1.54, 1.807) is 0 Å². The number of nitrogens with one attached hydrogen (secondary N) is 1. The van der Waals surface area contributed by atoms with Crippen LogP contribution in [0, 0.1) is 6.92 Å². The van der Waals surface area contributed by atoms with E-state index in [2.05, 4.69) is 12.2 Å². The number of hydrogen-bond donors (Lipinski definition) is 1. The van der Waals surface area contributed by atoms with E-state index in [1.807, 2.05) is 45.0 Å². The number of benzene rings is 1. The van der Waals surface area contributed by atoms with E-state index < -0.39 is 6.10 Å². The van der Waals surface area contributed by atoms with Crippen LogP contribution < -0.4 is 10.1 Å². The second kappa shape index (κ2) is 7.82. The van der Waals surface area contributed by atoms with Gasteiger partial charge in [0.1, 0.15) is 5.75 Å². The van der Waals surface area contributed by atoms with Crippen molar-refractivity contribution in [2.24, 2.45) is 0 Å². The molecule has 0 saturated carbocycles. The Morgan fingerprint density at radius 1 is 1.32 bits per heavy atom. The van der Waals surface area contributed by atoms with Gasteiger partial charge in [0, 0.05) is 6.04 Å². The van der Waals surface area contributed by atoms with E-state index in [0.717, 1.165) is 24.2 Å². The normalized spacial score (nSPS) is 13.7. The molecule has 0 bridgehead atoms. The van der Waals surface area contributed by atoms with Crippen molar-refractivity contribution in [1.82, 2.24) is 5.32 Å². The standard InChI is InChI=1S/C16H25NO2/c1-5-9-13(4)17-16(18)14(6-2)19-15-11-8-7-10-12(15)3/h7-8,10-11,13-14H,5-6,9H2,1-4H3,(H,17,18)/t13-,14-/m0/s1. The smallest absolute Gasteiger partial charge is 0.261 e. The Labute approximate surface area is 116 Å². The Kier molecular flexibility index (Phi) is 6.40. The summed E-state index contributed by atoms with van der Waals surface area (Å²) in [5.41, 5.74) is 1.05. The summed E-state index contributed by atoms with van der Waals surface area (Å²) in [6.45, 7) is 8.10. The number of carbonyl (C=O) groups excluding carboxylic acids is 1. The first-order valence-corrected chi connectivity index (χ1v) is 7.11. The topological polar surface area (TPSA) is 38.3 Å². The molecule has 1 amide bonds. The summed E-state index contributed by atoms with van der Waals surface area (Å²) in [4.78, 5) is 12.1. The average Bonchev–Trinajstić information content (AvgIpc) is 2.37. The fourth-order valence-corrected chi connectivity index (χ4v) is 2.01. The van der Waals surface area contributed by atoms with Crippen LogP contribution >= 0.6 is 0 Å². The third-order valence-corrected chi connectivity index (χ3v) is 3.14. The van der Waals surface area contributed by atoms with E-state index >= 15 is 0 Å². The van der Waals surface area contributed by atoms with Crippen LogP contribution in [0.3, 0.4) is 0 Å². The third-order valence-electron chi connectivity index (χ3n) is 3.14. The zero-order chi connectivity index (χ0) is 14.3. The summed E-state index contributed by atoms with van der Waals surface area (Å²) in [5.74, 6) is 0.763. The zero-order valence-corrected chi connectivity index (χ0v) is 12.4. The minimum Gasteiger partial charge on any atom is -0.480 e. The third kappa shape index (κ3) is 4.93. The van der Waals surface area contributed by atoms with Crippen LogP contribution in [0.5, 0.6) is 5.75 Å². The molecule has 0 spiro atoms. The minimum atomic E-state index is -0.416. The summed E-state index contributed by atoms with van der Waals surface area (Å²) >= 11 is 0. The summed E-state index contributed by atoms with van der Waals surface area (Å²) in [6, 6.07) is 7.98. The molecule has 1 rings (SSSR count). The van der Waals surface area contributed by atoms with Crippen LogP contribution in [0.25, 0.3) is 0 Å². The molecule has 2 atom stereocenters. The molecule has 0 aromatic heterocycles. The van der Waals surface area contributed by atoms with Crippen molar-refractivity contribution in [3.05, 3.63) is 29.8 Å². The average molecular weight is 263 g/mol. The van der Waals surface area contributed by atoms with Crippen LogP contribution in [0.4, 0.5) is 0 Å². The SMILES string of the molecule is CCC[C@H](C)NC(=O)[C@H](CC)Oc1ccccc1C. The van der Waals surface area contributed by atoms with Crippen LogP contribution in [0.2, 0.25) is 0 Å². The molecule has 19 heavy (non-hydrogen) atoms. The van der Waals surface area contributed by atoms with Crippen LogP contribution in [0.15, 0.2) is 24.3 Å². The minimum absolute atomic E-state index is 0.0216. The van der Waals surface area contributed by atoms with E-state index in [9.17, 15) is 4.79 Å². The first-order valence-electron chi connectivity index (χ1n) is 7.11. The lowest BCUT2D eigenvalue weighted by atomic mass is 10.1. The van der Waals surface area contributed by atoms with Gasteiger partial charge in [0.05, 0.1) is 0 Å². The van der Waals surface area contributed by atoms with Crippen molar-refractivity contribution in [2.45, 2.75) is 59.1 Å². The van der Waals surface area contributed by atoms with E-state index in [-0.39, 0.29) is 11.9 Å². The Morgan fingerprint density at radius 3 is 2.58 bits per heavy atom. The monoisotopic (exact) mass is 263 g/mol. The van der Waals surface area contributed by atoms with Gasteiger partial charge in [-0.25, -0.2) is 0 Å².